The molecule has 0 amide bonds. The van der Waals surface area contributed by atoms with Crippen LogP contribution in [0.1, 0.15) is 86.6 Å². The van der Waals surface area contributed by atoms with E-state index in [1.165, 1.54) is 0 Å². The topological polar surface area (TPSA) is 53.6 Å². The summed E-state index contributed by atoms with van der Waals surface area (Å²) < 4.78 is 5.90. The minimum atomic E-state index is -0.194. The smallest absolute Gasteiger partial charge is 0.119 e. The zero-order valence-electron chi connectivity index (χ0n) is 19.4. The summed E-state index contributed by atoms with van der Waals surface area (Å²) in [5.41, 5.74) is 5.64. The van der Waals surface area contributed by atoms with E-state index in [0.29, 0.717) is 11.5 Å². The molecule has 0 fully saturated rings. The fourth-order valence-electron chi connectivity index (χ4n) is 4.17. The van der Waals surface area contributed by atoms with Crippen LogP contribution in [0.4, 0.5) is 0 Å². The summed E-state index contributed by atoms with van der Waals surface area (Å²) in [6.45, 7) is 16.7. The highest BCUT2D eigenvalue weighted by Gasteiger charge is 2.29. The number of hydrogen-bond donors (Lipinski definition) is 2. The van der Waals surface area contributed by atoms with Gasteiger partial charge in [-0.3, -0.25) is 0 Å². The standard InChI is InChI=1S/C27H34O3/c1-16-12-22(28)20(26(3,4)5)14-18(16)25(24-10-9-11-30-24)19-15-21(27(6,7)8)23(29)13-17(19)2/h9-15,25,28-29H,1-8H3. The molecular weight excluding hydrogens is 372 g/mol. The lowest BCUT2D eigenvalue weighted by Crippen LogP contribution is -2.16. The van der Waals surface area contributed by atoms with Gasteiger partial charge in [-0.15, -0.1) is 0 Å². The van der Waals surface area contributed by atoms with Crippen LogP contribution in [-0.4, -0.2) is 10.2 Å². The van der Waals surface area contributed by atoms with Crippen LogP contribution in [-0.2, 0) is 10.8 Å². The Labute approximate surface area is 180 Å². The molecule has 1 heterocycles. The Morgan fingerprint density at radius 1 is 0.733 bits per heavy atom. The molecular formula is C27H34O3. The highest BCUT2D eigenvalue weighted by Crippen LogP contribution is 2.43. The summed E-state index contributed by atoms with van der Waals surface area (Å²) in [5.74, 6) is 1.35. The van der Waals surface area contributed by atoms with Crippen molar-refractivity contribution in [3.8, 4) is 11.5 Å². The molecule has 3 heteroatoms. The number of phenols is 2. The van der Waals surface area contributed by atoms with Crippen molar-refractivity contribution < 1.29 is 14.6 Å². The van der Waals surface area contributed by atoms with Gasteiger partial charge in [0, 0.05) is 0 Å². The number of aryl methyl sites for hydroxylation is 2. The van der Waals surface area contributed by atoms with Gasteiger partial charge in [0.1, 0.15) is 17.3 Å². The van der Waals surface area contributed by atoms with E-state index in [-0.39, 0.29) is 16.7 Å². The first-order chi connectivity index (χ1) is 13.8. The van der Waals surface area contributed by atoms with Crippen molar-refractivity contribution in [3.05, 3.63) is 81.8 Å². The van der Waals surface area contributed by atoms with Crippen LogP contribution in [0.25, 0.3) is 0 Å². The summed E-state index contributed by atoms with van der Waals surface area (Å²) in [5, 5.41) is 21.2. The fourth-order valence-corrected chi connectivity index (χ4v) is 4.17. The first kappa shape index (κ1) is 22.0. The second-order valence-electron chi connectivity index (χ2n) is 10.4. The van der Waals surface area contributed by atoms with Crippen molar-refractivity contribution >= 4 is 0 Å². The molecule has 0 spiro atoms. The Balaban J connectivity index is 2.34. The number of phenolic OH excluding ortho intramolecular Hbond substituents is 2. The van der Waals surface area contributed by atoms with Gasteiger partial charge in [-0.05, 0) is 82.3 Å². The molecule has 0 bridgehead atoms. The molecule has 0 aliphatic heterocycles. The highest BCUT2D eigenvalue weighted by atomic mass is 16.3. The van der Waals surface area contributed by atoms with Crippen molar-refractivity contribution in [2.75, 3.05) is 0 Å². The minimum absolute atomic E-state index is 0.136. The minimum Gasteiger partial charge on any atom is -0.508 e. The van der Waals surface area contributed by atoms with Crippen molar-refractivity contribution in [2.24, 2.45) is 0 Å². The molecule has 3 nitrogen and oxygen atoms in total. The van der Waals surface area contributed by atoms with Gasteiger partial charge in [0.15, 0.2) is 0 Å². The van der Waals surface area contributed by atoms with Crippen LogP contribution in [0.15, 0.2) is 47.1 Å². The third-order valence-corrected chi connectivity index (χ3v) is 5.83. The maximum Gasteiger partial charge on any atom is 0.119 e. The summed E-state index contributed by atoms with van der Waals surface area (Å²) in [7, 11) is 0. The Bertz CT molecular complexity index is 976. The SMILES string of the molecule is Cc1cc(O)c(C(C)(C)C)cc1C(c1ccco1)c1cc(C(C)(C)C)c(O)cc1C. The lowest BCUT2D eigenvalue weighted by atomic mass is 9.77. The number of benzene rings is 2. The molecule has 0 aliphatic rings. The Morgan fingerprint density at radius 3 is 1.50 bits per heavy atom. The number of rotatable bonds is 3. The predicted octanol–water partition coefficient (Wildman–Crippen LogP) is 7.08. The fraction of sp³-hybridized carbons (Fsp3) is 0.407. The Kier molecular flexibility index (Phi) is 5.53. The van der Waals surface area contributed by atoms with Crippen LogP contribution in [0.3, 0.4) is 0 Å². The number of aromatic hydroxyl groups is 2. The third-order valence-electron chi connectivity index (χ3n) is 5.83. The molecule has 0 saturated heterocycles. The molecule has 0 unspecified atom stereocenters. The van der Waals surface area contributed by atoms with Crippen molar-refractivity contribution in [1.29, 1.82) is 0 Å². The first-order valence-corrected chi connectivity index (χ1v) is 10.5. The van der Waals surface area contributed by atoms with Gasteiger partial charge in [-0.25, -0.2) is 0 Å². The van der Waals surface area contributed by atoms with Crippen molar-refractivity contribution in [3.63, 3.8) is 0 Å². The molecule has 0 atom stereocenters. The van der Waals surface area contributed by atoms with E-state index >= 15 is 0 Å². The summed E-state index contributed by atoms with van der Waals surface area (Å²) >= 11 is 0. The molecule has 0 aliphatic carbocycles. The predicted molar refractivity (Wildman–Crippen MR) is 123 cm³/mol. The lowest BCUT2D eigenvalue weighted by Gasteiger charge is -2.28. The van der Waals surface area contributed by atoms with Crippen LogP contribution in [0.2, 0.25) is 0 Å². The number of furan rings is 1. The van der Waals surface area contributed by atoms with Crippen LogP contribution < -0.4 is 0 Å². The average Bonchev–Trinajstić information content (AvgIpc) is 3.10. The monoisotopic (exact) mass is 406 g/mol. The lowest BCUT2D eigenvalue weighted by molar-refractivity contribution is 0.444. The van der Waals surface area contributed by atoms with Crippen LogP contribution in [0.5, 0.6) is 11.5 Å². The number of hydrogen-bond acceptors (Lipinski definition) is 3. The van der Waals surface area contributed by atoms with Gasteiger partial charge in [0.2, 0.25) is 0 Å². The van der Waals surface area contributed by atoms with E-state index in [2.05, 4.69) is 53.7 Å². The normalized spacial score (nSPS) is 12.6. The second-order valence-corrected chi connectivity index (χ2v) is 10.4. The average molecular weight is 407 g/mol. The van der Waals surface area contributed by atoms with Crippen molar-refractivity contribution in [2.45, 2.75) is 72.1 Å². The molecule has 0 radical (unpaired) electrons. The van der Waals surface area contributed by atoms with Gasteiger partial charge in [0.25, 0.3) is 0 Å². The molecule has 30 heavy (non-hydrogen) atoms. The van der Waals surface area contributed by atoms with Gasteiger partial charge >= 0.3 is 0 Å². The van der Waals surface area contributed by atoms with Crippen LogP contribution >= 0.6 is 0 Å². The molecule has 2 aromatic carbocycles. The van der Waals surface area contributed by atoms with Crippen LogP contribution in [0, 0.1) is 13.8 Å². The molecule has 0 saturated carbocycles. The van der Waals surface area contributed by atoms with E-state index in [9.17, 15) is 10.2 Å². The van der Waals surface area contributed by atoms with E-state index in [1.807, 2.05) is 38.1 Å². The molecule has 3 aromatic rings. The zero-order chi connectivity index (χ0) is 22.4. The summed E-state index contributed by atoms with van der Waals surface area (Å²) in [6, 6.07) is 11.8. The third kappa shape index (κ3) is 4.12. The first-order valence-electron chi connectivity index (χ1n) is 10.5. The summed E-state index contributed by atoms with van der Waals surface area (Å²) in [6.07, 6.45) is 1.70. The zero-order valence-corrected chi connectivity index (χ0v) is 19.4. The van der Waals surface area contributed by atoms with Gasteiger partial charge in [-0.1, -0.05) is 53.7 Å². The molecule has 1 aromatic heterocycles. The van der Waals surface area contributed by atoms with E-state index in [0.717, 1.165) is 39.1 Å². The molecule has 160 valence electrons. The van der Waals surface area contributed by atoms with Crippen molar-refractivity contribution in [1.82, 2.24) is 0 Å². The maximum absolute atomic E-state index is 10.6. The van der Waals surface area contributed by atoms with Gasteiger partial charge in [-0.2, -0.15) is 0 Å². The maximum atomic E-state index is 10.6. The molecule has 2 N–H and O–H groups in total. The quantitative estimate of drug-likeness (QED) is 0.488. The van der Waals surface area contributed by atoms with Gasteiger partial charge < -0.3 is 14.6 Å². The van der Waals surface area contributed by atoms with E-state index in [4.69, 9.17) is 4.42 Å². The second kappa shape index (κ2) is 7.54. The summed E-state index contributed by atoms with van der Waals surface area (Å²) in [4.78, 5) is 0. The highest BCUT2D eigenvalue weighted by molar-refractivity contribution is 5.55. The van der Waals surface area contributed by atoms with Gasteiger partial charge in [0.05, 0.1) is 12.2 Å². The van der Waals surface area contributed by atoms with E-state index < -0.39 is 0 Å². The molecule has 3 rings (SSSR count). The van der Waals surface area contributed by atoms with E-state index in [1.54, 1.807) is 6.26 Å². The largest absolute Gasteiger partial charge is 0.508 e. The Morgan fingerprint density at radius 2 is 1.17 bits per heavy atom. The Hall–Kier alpha value is -2.68.